The van der Waals surface area contributed by atoms with Crippen molar-refractivity contribution in [2.24, 2.45) is 0 Å². The molecule has 0 spiro atoms. The Morgan fingerprint density at radius 3 is 2.03 bits per heavy atom. The average Bonchev–Trinajstić information content (AvgIpc) is 2.91. The normalized spacial score (nSPS) is 11.6. The summed E-state index contributed by atoms with van der Waals surface area (Å²) in [4.78, 5) is 33.3. The van der Waals surface area contributed by atoms with Gasteiger partial charge in [-0.3, -0.25) is 0 Å². The second-order valence-corrected chi connectivity index (χ2v) is 8.67. The van der Waals surface area contributed by atoms with Crippen LogP contribution in [0, 0.1) is 0 Å². The summed E-state index contributed by atoms with van der Waals surface area (Å²) >= 11 is 0. The molecule has 190 valence electrons. The molecule has 1 aromatic heterocycles. The number of rotatable bonds is 13. The lowest BCUT2D eigenvalue weighted by molar-refractivity contribution is -0.144. The number of ether oxygens (including phenoxy) is 3. The molecule has 1 atom stereocenters. The van der Waals surface area contributed by atoms with Crippen LogP contribution in [0.5, 0.6) is 11.5 Å². The summed E-state index contributed by atoms with van der Waals surface area (Å²) in [6, 6.07) is 13.2. The van der Waals surface area contributed by atoms with Crippen LogP contribution in [0.1, 0.15) is 68.3 Å². The SMILES string of the molecule is CCCCCCCCc1cnc(-c2ccc(OC(=O)c3ccc(OC(=O)[C@H](C)OC)cc3)cc2)nc1. The summed E-state index contributed by atoms with van der Waals surface area (Å²) in [6.07, 6.45) is 11.7. The minimum Gasteiger partial charge on any atom is -0.425 e. The van der Waals surface area contributed by atoms with Crippen molar-refractivity contribution < 1.29 is 23.8 Å². The van der Waals surface area contributed by atoms with Gasteiger partial charge in [-0.05, 0) is 73.9 Å². The zero-order valence-electron chi connectivity index (χ0n) is 21.2. The first-order valence-electron chi connectivity index (χ1n) is 12.5. The number of hydrogen-bond acceptors (Lipinski definition) is 7. The van der Waals surface area contributed by atoms with Crippen LogP contribution in [0.3, 0.4) is 0 Å². The smallest absolute Gasteiger partial charge is 0.343 e. The molecule has 0 bridgehead atoms. The molecule has 0 aliphatic heterocycles. The maximum absolute atomic E-state index is 12.5. The van der Waals surface area contributed by atoms with E-state index in [9.17, 15) is 9.59 Å². The summed E-state index contributed by atoms with van der Waals surface area (Å²) in [5, 5.41) is 0. The molecule has 0 aliphatic carbocycles. The van der Waals surface area contributed by atoms with E-state index in [0.717, 1.165) is 24.0 Å². The summed E-state index contributed by atoms with van der Waals surface area (Å²) in [7, 11) is 1.43. The van der Waals surface area contributed by atoms with Gasteiger partial charge in [0.2, 0.25) is 0 Å². The Hall–Kier alpha value is -3.58. The Bertz CT molecular complexity index is 1100. The van der Waals surface area contributed by atoms with Crippen LogP contribution in [-0.4, -0.2) is 35.1 Å². The van der Waals surface area contributed by atoms with Crippen LogP contribution >= 0.6 is 0 Å². The quantitative estimate of drug-likeness (QED) is 0.160. The molecule has 3 aromatic rings. The molecule has 0 amide bonds. The zero-order valence-corrected chi connectivity index (χ0v) is 21.2. The van der Waals surface area contributed by atoms with E-state index in [1.807, 2.05) is 24.5 Å². The van der Waals surface area contributed by atoms with Crippen LogP contribution < -0.4 is 9.47 Å². The monoisotopic (exact) mass is 490 g/mol. The van der Waals surface area contributed by atoms with Gasteiger partial charge in [0.15, 0.2) is 11.9 Å². The number of benzene rings is 2. The fraction of sp³-hybridized carbons (Fsp3) is 0.379. The predicted molar refractivity (Wildman–Crippen MR) is 138 cm³/mol. The summed E-state index contributed by atoms with van der Waals surface area (Å²) in [5.41, 5.74) is 2.33. The second-order valence-electron chi connectivity index (χ2n) is 8.67. The molecule has 3 rings (SSSR count). The van der Waals surface area contributed by atoms with Crippen molar-refractivity contribution in [2.75, 3.05) is 7.11 Å². The van der Waals surface area contributed by atoms with E-state index in [1.165, 1.54) is 63.5 Å². The fourth-order valence-electron chi connectivity index (χ4n) is 3.53. The Balaban J connectivity index is 1.50. The number of hydrogen-bond donors (Lipinski definition) is 0. The highest BCUT2D eigenvalue weighted by molar-refractivity contribution is 5.91. The van der Waals surface area contributed by atoms with Gasteiger partial charge in [0.05, 0.1) is 5.56 Å². The fourth-order valence-corrected chi connectivity index (χ4v) is 3.53. The first kappa shape index (κ1) is 27.0. The summed E-state index contributed by atoms with van der Waals surface area (Å²) in [6.45, 7) is 3.82. The van der Waals surface area contributed by atoms with Gasteiger partial charge in [0.1, 0.15) is 11.5 Å². The van der Waals surface area contributed by atoms with E-state index in [-0.39, 0.29) is 0 Å². The first-order valence-corrected chi connectivity index (χ1v) is 12.5. The van der Waals surface area contributed by atoms with Gasteiger partial charge in [0, 0.05) is 25.1 Å². The molecule has 0 radical (unpaired) electrons. The minimum atomic E-state index is -0.675. The van der Waals surface area contributed by atoms with Crippen LogP contribution in [0.15, 0.2) is 60.9 Å². The zero-order chi connectivity index (χ0) is 25.8. The molecule has 7 nitrogen and oxygen atoms in total. The molecule has 0 saturated carbocycles. The van der Waals surface area contributed by atoms with Gasteiger partial charge in [-0.25, -0.2) is 19.6 Å². The third-order valence-corrected chi connectivity index (χ3v) is 5.84. The van der Waals surface area contributed by atoms with Gasteiger partial charge in [-0.1, -0.05) is 39.0 Å². The Labute approximate surface area is 212 Å². The Morgan fingerprint density at radius 1 is 0.806 bits per heavy atom. The van der Waals surface area contributed by atoms with E-state index >= 15 is 0 Å². The van der Waals surface area contributed by atoms with Gasteiger partial charge in [0.25, 0.3) is 0 Å². The molecular formula is C29H34N2O5. The molecule has 0 N–H and O–H groups in total. The van der Waals surface area contributed by atoms with Crippen molar-refractivity contribution >= 4 is 11.9 Å². The minimum absolute atomic E-state index is 0.322. The van der Waals surface area contributed by atoms with Crippen LogP contribution in [-0.2, 0) is 16.0 Å². The molecule has 0 saturated heterocycles. The largest absolute Gasteiger partial charge is 0.425 e. The number of aromatic nitrogens is 2. The van der Waals surface area contributed by atoms with E-state index in [2.05, 4.69) is 16.9 Å². The van der Waals surface area contributed by atoms with E-state index in [0.29, 0.717) is 22.9 Å². The van der Waals surface area contributed by atoms with Crippen molar-refractivity contribution in [3.63, 3.8) is 0 Å². The molecular weight excluding hydrogens is 456 g/mol. The highest BCUT2D eigenvalue weighted by Gasteiger charge is 2.15. The molecule has 36 heavy (non-hydrogen) atoms. The van der Waals surface area contributed by atoms with Gasteiger partial charge in [-0.2, -0.15) is 0 Å². The molecule has 0 aliphatic rings. The van der Waals surface area contributed by atoms with Crippen molar-refractivity contribution in [1.82, 2.24) is 9.97 Å². The van der Waals surface area contributed by atoms with Crippen molar-refractivity contribution in [3.05, 3.63) is 72.1 Å². The lowest BCUT2D eigenvalue weighted by Gasteiger charge is -2.10. The molecule has 7 heteroatoms. The standard InChI is InChI=1S/C29H34N2O5/c1-4-5-6-7-8-9-10-22-19-30-27(31-20-22)23-11-15-26(16-12-23)36-29(33)24-13-17-25(18-14-24)35-28(32)21(2)34-3/h11-21H,4-10H2,1-3H3/t21-/m0/s1. The van der Waals surface area contributed by atoms with Gasteiger partial charge < -0.3 is 14.2 Å². The molecule has 0 fully saturated rings. The maximum atomic E-state index is 12.5. The van der Waals surface area contributed by atoms with E-state index in [1.54, 1.807) is 19.1 Å². The van der Waals surface area contributed by atoms with Crippen LogP contribution in [0.4, 0.5) is 0 Å². The number of methoxy groups -OCH3 is 1. The van der Waals surface area contributed by atoms with E-state index < -0.39 is 18.0 Å². The van der Waals surface area contributed by atoms with Gasteiger partial charge in [-0.15, -0.1) is 0 Å². The first-order chi connectivity index (χ1) is 17.5. The Kier molecular flexibility index (Phi) is 10.6. The average molecular weight is 491 g/mol. The highest BCUT2D eigenvalue weighted by Crippen LogP contribution is 2.21. The van der Waals surface area contributed by atoms with Crippen LogP contribution in [0.2, 0.25) is 0 Å². The summed E-state index contributed by atoms with van der Waals surface area (Å²) < 4.78 is 15.6. The lowest BCUT2D eigenvalue weighted by atomic mass is 10.1. The van der Waals surface area contributed by atoms with Crippen LogP contribution in [0.25, 0.3) is 11.4 Å². The maximum Gasteiger partial charge on any atom is 0.343 e. The Morgan fingerprint density at radius 2 is 1.39 bits per heavy atom. The number of unbranched alkanes of at least 4 members (excludes halogenated alkanes) is 5. The third-order valence-electron chi connectivity index (χ3n) is 5.84. The van der Waals surface area contributed by atoms with Crippen molar-refractivity contribution in [3.8, 4) is 22.9 Å². The number of nitrogens with zero attached hydrogens (tertiary/aromatic N) is 2. The van der Waals surface area contributed by atoms with Gasteiger partial charge >= 0.3 is 11.9 Å². The molecule has 1 heterocycles. The second kappa shape index (κ2) is 14.1. The number of carbonyl (C=O) groups is 2. The number of aryl methyl sites for hydroxylation is 1. The molecule has 2 aromatic carbocycles. The van der Waals surface area contributed by atoms with Crippen molar-refractivity contribution in [2.45, 2.75) is 64.9 Å². The number of esters is 2. The summed E-state index contributed by atoms with van der Waals surface area (Å²) in [5.74, 6) is 0.341. The van der Waals surface area contributed by atoms with Crippen molar-refractivity contribution in [1.29, 1.82) is 0 Å². The predicted octanol–water partition coefficient (Wildman–Crippen LogP) is 6.21. The highest BCUT2D eigenvalue weighted by atomic mass is 16.6. The lowest BCUT2D eigenvalue weighted by Crippen LogP contribution is -2.24. The molecule has 0 unspecified atom stereocenters. The third kappa shape index (κ3) is 8.27. The topological polar surface area (TPSA) is 87.6 Å². The van der Waals surface area contributed by atoms with E-state index in [4.69, 9.17) is 14.2 Å². The number of carbonyl (C=O) groups excluding carboxylic acids is 2.